The fourth-order valence-corrected chi connectivity index (χ4v) is 2.88. The van der Waals surface area contributed by atoms with E-state index in [0.717, 1.165) is 38.6 Å². The molecule has 0 aromatic carbocycles. The van der Waals surface area contributed by atoms with Gasteiger partial charge in [-0.15, -0.1) is 11.6 Å². The van der Waals surface area contributed by atoms with Gasteiger partial charge in [0.2, 0.25) is 0 Å². The minimum atomic E-state index is -0.140. The number of halogens is 1. The van der Waals surface area contributed by atoms with Gasteiger partial charge in [0.25, 0.3) is 5.56 Å². The minimum Gasteiger partial charge on any atom is -0.359 e. The van der Waals surface area contributed by atoms with Crippen LogP contribution in [0.2, 0.25) is 0 Å². The molecule has 5 heteroatoms. The van der Waals surface area contributed by atoms with Crippen molar-refractivity contribution in [2.24, 2.45) is 0 Å². The van der Waals surface area contributed by atoms with Crippen LogP contribution in [0.15, 0.2) is 17.2 Å². The lowest BCUT2D eigenvalue weighted by Gasteiger charge is -2.28. The van der Waals surface area contributed by atoms with Crippen LogP contribution >= 0.6 is 11.6 Å². The summed E-state index contributed by atoms with van der Waals surface area (Å²) >= 11 is 6.07. The van der Waals surface area contributed by atoms with Crippen molar-refractivity contribution in [3.8, 4) is 0 Å². The van der Waals surface area contributed by atoms with Crippen LogP contribution in [-0.2, 0) is 6.54 Å². The number of anilines is 1. The predicted molar refractivity (Wildman–Crippen MR) is 74.3 cm³/mol. The molecule has 1 fully saturated rings. The summed E-state index contributed by atoms with van der Waals surface area (Å²) in [4.78, 5) is 16.4. The topological polar surface area (TPSA) is 46.9 Å². The molecule has 1 aromatic rings. The van der Waals surface area contributed by atoms with Gasteiger partial charge in [0.05, 0.1) is 5.54 Å². The molecule has 100 valence electrons. The van der Waals surface area contributed by atoms with Crippen LogP contribution in [0.1, 0.15) is 39.0 Å². The van der Waals surface area contributed by atoms with Gasteiger partial charge in [-0.05, 0) is 19.3 Å². The maximum absolute atomic E-state index is 12.2. The highest BCUT2D eigenvalue weighted by Gasteiger charge is 2.33. The van der Waals surface area contributed by atoms with Crippen LogP contribution in [0.5, 0.6) is 0 Å². The van der Waals surface area contributed by atoms with Crippen molar-refractivity contribution in [2.45, 2.75) is 51.1 Å². The molecule has 0 aliphatic heterocycles. The third-order valence-corrected chi connectivity index (χ3v) is 4.09. The van der Waals surface area contributed by atoms with E-state index in [0.29, 0.717) is 11.7 Å². The highest BCUT2D eigenvalue weighted by molar-refractivity contribution is 6.18. The predicted octanol–water partition coefficient (Wildman–Crippen LogP) is 2.62. The lowest BCUT2D eigenvalue weighted by Crippen LogP contribution is -2.40. The van der Waals surface area contributed by atoms with E-state index in [2.05, 4.69) is 17.2 Å². The summed E-state index contributed by atoms with van der Waals surface area (Å²) in [5.41, 5.74) is -0.185. The highest BCUT2D eigenvalue weighted by Crippen LogP contribution is 2.32. The Morgan fingerprint density at radius 2 is 2.22 bits per heavy atom. The van der Waals surface area contributed by atoms with E-state index in [1.54, 1.807) is 17.0 Å². The van der Waals surface area contributed by atoms with Gasteiger partial charge in [-0.2, -0.15) is 0 Å². The van der Waals surface area contributed by atoms with Crippen molar-refractivity contribution < 1.29 is 0 Å². The number of alkyl halides is 1. The molecule has 1 saturated carbocycles. The maximum Gasteiger partial charge on any atom is 0.293 e. The van der Waals surface area contributed by atoms with Gasteiger partial charge < -0.3 is 9.88 Å². The van der Waals surface area contributed by atoms with Crippen molar-refractivity contribution >= 4 is 17.4 Å². The van der Waals surface area contributed by atoms with Crippen molar-refractivity contribution in [1.82, 2.24) is 9.55 Å². The molecule has 2 rings (SSSR count). The molecule has 0 saturated heterocycles. The van der Waals surface area contributed by atoms with E-state index < -0.39 is 0 Å². The van der Waals surface area contributed by atoms with E-state index in [9.17, 15) is 4.79 Å². The Morgan fingerprint density at radius 1 is 1.50 bits per heavy atom. The molecule has 1 heterocycles. The molecule has 0 radical (unpaired) electrons. The first-order chi connectivity index (χ1) is 8.71. The molecule has 4 nitrogen and oxygen atoms in total. The molecular formula is C13H20ClN3O. The molecule has 18 heavy (non-hydrogen) atoms. The van der Waals surface area contributed by atoms with Crippen LogP contribution in [-0.4, -0.2) is 21.0 Å². The second-order valence-electron chi connectivity index (χ2n) is 5.02. The Hall–Kier alpha value is -1.03. The minimum absolute atomic E-state index is 0.0456. The third-order valence-electron chi connectivity index (χ3n) is 3.58. The van der Waals surface area contributed by atoms with Crippen molar-refractivity contribution in [3.63, 3.8) is 0 Å². The van der Waals surface area contributed by atoms with Gasteiger partial charge in [-0.3, -0.25) is 4.79 Å². The Morgan fingerprint density at radius 3 is 2.83 bits per heavy atom. The van der Waals surface area contributed by atoms with Gasteiger partial charge in [0.15, 0.2) is 5.82 Å². The highest BCUT2D eigenvalue weighted by atomic mass is 35.5. The van der Waals surface area contributed by atoms with Gasteiger partial charge in [0, 0.05) is 24.8 Å². The summed E-state index contributed by atoms with van der Waals surface area (Å²) in [6.45, 7) is 2.78. The van der Waals surface area contributed by atoms with E-state index in [1.165, 1.54) is 0 Å². The van der Waals surface area contributed by atoms with E-state index in [4.69, 9.17) is 11.6 Å². The van der Waals surface area contributed by atoms with Crippen LogP contribution in [0.25, 0.3) is 0 Å². The summed E-state index contributed by atoms with van der Waals surface area (Å²) in [6, 6.07) is 0. The fourth-order valence-electron chi connectivity index (χ4n) is 2.54. The quantitative estimate of drug-likeness (QED) is 0.836. The zero-order chi connectivity index (χ0) is 13.0. The second-order valence-corrected chi connectivity index (χ2v) is 5.29. The van der Waals surface area contributed by atoms with Crippen LogP contribution in [0.4, 0.5) is 5.82 Å². The SMILES string of the molecule is CCCn1ccnc(NC2(CCl)CCCC2)c1=O. The number of nitrogens with zero attached hydrogens (tertiary/aromatic N) is 2. The number of hydrogen-bond donors (Lipinski definition) is 1. The largest absolute Gasteiger partial charge is 0.359 e. The Labute approximate surface area is 112 Å². The molecule has 0 spiro atoms. The number of rotatable bonds is 5. The Bertz CT molecular complexity index is 452. The van der Waals surface area contributed by atoms with Crippen LogP contribution in [0.3, 0.4) is 0 Å². The number of hydrogen-bond acceptors (Lipinski definition) is 3. The molecule has 0 unspecified atom stereocenters. The fraction of sp³-hybridized carbons (Fsp3) is 0.692. The van der Waals surface area contributed by atoms with Gasteiger partial charge in [-0.1, -0.05) is 19.8 Å². The molecule has 1 aliphatic carbocycles. The molecular weight excluding hydrogens is 250 g/mol. The van der Waals surface area contributed by atoms with E-state index in [-0.39, 0.29) is 11.1 Å². The monoisotopic (exact) mass is 269 g/mol. The van der Waals surface area contributed by atoms with Crippen molar-refractivity contribution in [3.05, 3.63) is 22.7 Å². The van der Waals surface area contributed by atoms with Gasteiger partial charge in [0.1, 0.15) is 0 Å². The van der Waals surface area contributed by atoms with Crippen molar-refractivity contribution in [2.75, 3.05) is 11.2 Å². The number of aromatic nitrogens is 2. The molecule has 1 N–H and O–H groups in total. The van der Waals surface area contributed by atoms with Crippen LogP contribution in [0, 0.1) is 0 Å². The maximum atomic E-state index is 12.2. The second kappa shape index (κ2) is 5.74. The first-order valence-corrected chi connectivity index (χ1v) is 7.14. The number of aryl methyl sites for hydroxylation is 1. The molecule has 0 bridgehead atoms. The van der Waals surface area contributed by atoms with E-state index in [1.807, 2.05) is 0 Å². The van der Waals surface area contributed by atoms with Crippen molar-refractivity contribution in [1.29, 1.82) is 0 Å². The average molecular weight is 270 g/mol. The lowest BCUT2D eigenvalue weighted by atomic mass is 10.0. The summed E-state index contributed by atoms with van der Waals surface area (Å²) in [6.07, 6.45) is 8.70. The summed E-state index contributed by atoms with van der Waals surface area (Å²) in [7, 11) is 0. The first-order valence-electron chi connectivity index (χ1n) is 6.60. The smallest absolute Gasteiger partial charge is 0.293 e. The Balaban J connectivity index is 2.23. The lowest BCUT2D eigenvalue weighted by molar-refractivity contribution is 0.533. The molecule has 1 aliphatic rings. The summed E-state index contributed by atoms with van der Waals surface area (Å²) in [5.74, 6) is 0.963. The van der Waals surface area contributed by atoms with Crippen LogP contribution < -0.4 is 10.9 Å². The van der Waals surface area contributed by atoms with Gasteiger partial charge in [-0.25, -0.2) is 4.98 Å². The Kier molecular flexibility index (Phi) is 4.27. The summed E-state index contributed by atoms with van der Waals surface area (Å²) in [5, 5.41) is 3.29. The number of nitrogens with one attached hydrogen (secondary N) is 1. The summed E-state index contributed by atoms with van der Waals surface area (Å²) < 4.78 is 1.70. The standard InChI is InChI=1S/C13H20ClN3O/c1-2-8-17-9-7-15-11(12(17)18)16-13(10-14)5-3-4-6-13/h7,9H,2-6,8,10H2,1H3,(H,15,16). The zero-order valence-electron chi connectivity index (χ0n) is 10.8. The first kappa shape index (κ1) is 13.4. The van der Waals surface area contributed by atoms with Gasteiger partial charge >= 0.3 is 0 Å². The molecule has 1 aromatic heterocycles. The zero-order valence-corrected chi connectivity index (χ0v) is 11.5. The molecule has 0 atom stereocenters. The third kappa shape index (κ3) is 2.69. The normalized spacial score (nSPS) is 17.9. The molecule has 0 amide bonds. The average Bonchev–Trinajstić information content (AvgIpc) is 2.84. The van der Waals surface area contributed by atoms with E-state index >= 15 is 0 Å².